The van der Waals surface area contributed by atoms with Gasteiger partial charge in [-0.05, 0) is 41.8 Å². The zero-order valence-corrected chi connectivity index (χ0v) is 17.8. The van der Waals surface area contributed by atoms with E-state index in [0.29, 0.717) is 16.8 Å². The Morgan fingerprint density at radius 3 is 2.61 bits per heavy atom. The number of rotatable bonds is 6. The van der Waals surface area contributed by atoms with Crippen molar-refractivity contribution in [2.24, 2.45) is 0 Å². The van der Waals surface area contributed by atoms with E-state index in [2.05, 4.69) is 29.4 Å². The summed E-state index contributed by atoms with van der Waals surface area (Å²) in [6.45, 7) is 4.22. The highest BCUT2D eigenvalue weighted by Crippen LogP contribution is 2.19. The first-order valence-electron chi connectivity index (χ1n) is 9.67. The predicted molar refractivity (Wildman–Crippen MR) is 118 cm³/mol. The minimum absolute atomic E-state index is 0.0962. The molecular weight excluding hydrogens is 417 g/mol. The van der Waals surface area contributed by atoms with Crippen molar-refractivity contribution in [3.05, 3.63) is 82.7 Å². The number of anilines is 1. The molecule has 0 aliphatic carbocycles. The van der Waals surface area contributed by atoms with Crippen LogP contribution in [0.25, 0.3) is 11.3 Å². The molecular formula is C22H20FN5O2S. The van der Waals surface area contributed by atoms with Gasteiger partial charge in [0.2, 0.25) is 11.6 Å². The number of nitrogens with zero attached hydrogens (tertiary/aromatic N) is 4. The second-order valence-corrected chi connectivity index (χ2v) is 8.19. The van der Waals surface area contributed by atoms with Gasteiger partial charge in [-0.25, -0.2) is 4.39 Å². The summed E-state index contributed by atoms with van der Waals surface area (Å²) in [5, 5.41) is 11.2. The monoisotopic (exact) mass is 437 g/mol. The second kappa shape index (κ2) is 8.73. The summed E-state index contributed by atoms with van der Waals surface area (Å²) in [6, 6.07) is 13.5. The normalized spacial score (nSPS) is 11.2. The van der Waals surface area contributed by atoms with E-state index in [4.69, 9.17) is 0 Å². The lowest BCUT2D eigenvalue weighted by Gasteiger charge is -2.08. The number of amides is 1. The zero-order chi connectivity index (χ0) is 22.0. The van der Waals surface area contributed by atoms with Crippen LogP contribution >= 0.6 is 11.8 Å². The first-order chi connectivity index (χ1) is 14.9. The van der Waals surface area contributed by atoms with Crippen molar-refractivity contribution >= 4 is 29.0 Å². The summed E-state index contributed by atoms with van der Waals surface area (Å²) in [7, 11) is 0. The highest BCUT2D eigenvalue weighted by atomic mass is 32.2. The summed E-state index contributed by atoms with van der Waals surface area (Å²) in [5.41, 5.74) is 1.99. The second-order valence-electron chi connectivity index (χ2n) is 7.24. The topological polar surface area (TPSA) is 81.3 Å². The molecule has 0 radical (unpaired) electrons. The number of thioether (sulfide) groups is 1. The van der Waals surface area contributed by atoms with Gasteiger partial charge in [-0.3, -0.25) is 18.6 Å². The molecule has 0 aliphatic rings. The summed E-state index contributed by atoms with van der Waals surface area (Å²) < 4.78 is 16.3. The van der Waals surface area contributed by atoms with Gasteiger partial charge in [0.05, 0.1) is 11.4 Å². The average Bonchev–Trinajstić information content (AvgIpc) is 3.17. The van der Waals surface area contributed by atoms with Crippen LogP contribution in [0, 0.1) is 5.82 Å². The number of halogens is 1. The van der Waals surface area contributed by atoms with Crippen LogP contribution in [0.15, 0.2) is 70.9 Å². The van der Waals surface area contributed by atoms with E-state index >= 15 is 0 Å². The van der Waals surface area contributed by atoms with Crippen molar-refractivity contribution in [2.45, 2.75) is 24.9 Å². The van der Waals surface area contributed by atoms with Crippen LogP contribution in [0.4, 0.5) is 10.1 Å². The van der Waals surface area contributed by atoms with Crippen molar-refractivity contribution in [3.8, 4) is 5.69 Å². The molecule has 0 spiro atoms. The third-order valence-electron chi connectivity index (χ3n) is 4.72. The lowest BCUT2D eigenvalue weighted by atomic mass is 10.0. The van der Waals surface area contributed by atoms with Gasteiger partial charge in [-0.1, -0.05) is 43.8 Å². The molecule has 2 heterocycles. The third-order valence-corrected chi connectivity index (χ3v) is 5.66. The van der Waals surface area contributed by atoms with Crippen molar-refractivity contribution in [1.82, 2.24) is 19.2 Å². The minimum atomic E-state index is -0.438. The maximum atomic E-state index is 13.5. The minimum Gasteiger partial charge on any atom is -0.325 e. The molecule has 1 N–H and O–H groups in total. The maximum absolute atomic E-state index is 13.5. The molecule has 4 aromatic rings. The zero-order valence-electron chi connectivity index (χ0n) is 16.9. The van der Waals surface area contributed by atoms with Crippen molar-refractivity contribution in [2.75, 3.05) is 11.1 Å². The number of aromatic nitrogens is 4. The lowest BCUT2D eigenvalue weighted by molar-refractivity contribution is -0.113. The molecule has 7 nitrogen and oxygen atoms in total. The number of fused-ring (bicyclic) bond motifs is 1. The largest absolute Gasteiger partial charge is 0.325 e. The molecule has 1 amide bonds. The van der Waals surface area contributed by atoms with E-state index in [0.717, 1.165) is 5.69 Å². The summed E-state index contributed by atoms with van der Waals surface area (Å²) in [5.74, 6) is -0.0919. The van der Waals surface area contributed by atoms with E-state index < -0.39 is 11.4 Å². The number of carbonyl (C=O) groups excluding carboxylic acids is 1. The van der Waals surface area contributed by atoms with Crippen LogP contribution in [-0.2, 0) is 4.79 Å². The summed E-state index contributed by atoms with van der Waals surface area (Å²) in [4.78, 5) is 25.0. The van der Waals surface area contributed by atoms with E-state index in [1.807, 2.05) is 24.3 Å². The molecule has 0 saturated carbocycles. The number of carbonyl (C=O) groups is 1. The van der Waals surface area contributed by atoms with Gasteiger partial charge >= 0.3 is 5.56 Å². The van der Waals surface area contributed by atoms with Crippen LogP contribution in [-0.4, -0.2) is 30.8 Å². The molecule has 0 aliphatic heterocycles. The van der Waals surface area contributed by atoms with E-state index in [9.17, 15) is 14.0 Å². The maximum Gasteiger partial charge on any atom is 0.300 e. The smallest absolute Gasteiger partial charge is 0.300 e. The van der Waals surface area contributed by atoms with Gasteiger partial charge in [0, 0.05) is 18.1 Å². The quantitative estimate of drug-likeness (QED) is 0.463. The number of hydrogen-bond acceptors (Lipinski definition) is 5. The van der Waals surface area contributed by atoms with Gasteiger partial charge in [0.15, 0.2) is 5.16 Å². The van der Waals surface area contributed by atoms with Gasteiger partial charge in [0.1, 0.15) is 5.82 Å². The van der Waals surface area contributed by atoms with Gasteiger partial charge in [-0.2, -0.15) is 0 Å². The Kier molecular flexibility index (Phi) is 5.85. The van der Waals surface area contributed by atoms with Crippen molar-refractivity contribution < 1.29 is 9.18 Å². The Hall–Kier alpha value is -3.46. The Labute approximate surface area is 181 Å². The van der Waals surface area contributed by atoms with E-state index in [1.54, 1.807) is 12.3 Å². The molecule has 4 rings (SSSR count). The van der Waals surface area contributed by atoms with E-state index in [-0.39, 0.29) is 17.3 Å². The Morgan fingerprint density at radius 1 is 1.13 bits per heavy atom. The van der Waals surface area contributed by atoms with Gasteiger partial charge in [0.25, 0.3) is 0 Å². The molecule has 2 aromatic heterocycles. The fourth-order valence-corrected chi connectivity index (χ4v) is 3.79. The van der Waals surface area contributed by atoms with Crippen molar-refractivity contribution in [3.63, 3.8) is 0 Å². The Morgan fingerprint density at radius 2 is 1.90 bits per heavy atom. The first-order valence-corrected chi connectivity index (χ1v) is 10.7. The number of hydrogen-bond donors (Lipinski definition) is 1. The number of benzene rings is 2. The number of nitrogens with one attached hydrogen (secondary N) is 1. The van der Waals surface area contributed by atoms with Gasteiger partial charge in [-0.15, -0.1) is 10.2 Å². The lowest BCUT2D eigenvalue weighted by Crippen LogP contribution is -2.20. The average molecular weight is 438 g/mol. The molecule has 0 saturated heterocycles. The summed E-state index contributed by atoms with van der Waals surface area (Å²) >= 11 is 1.17. The van der Waals surface area contributed by atoms with Crippen LogP contribution in [0.5, 0.6) is 0 Å². The molecule has 0 unspecified atom stereocenters. The first kappa shape index (κ1) is 20.8. The molecule has 9 heteroatoms. The van der Waals surface area contributed by atoms with Crippen LogP contribution in [0.1, 0.15) is 25.3 Å². The van der Waals surface area contributed by atoms with Crippen LogP contribution < -0.4 is 10.9 Å². The van der Waals surface area contributed by atoms with E-state index in [1.165, 1.54) is 50.7 Å². The van der Waals surface area contributed by atoms with Crippen molar-refractivity contribution in [1.29, 1.82) is 0 Å². The predicted octanol–water partition coefficient (Wildman–Crippen LogP) is 3.87. The highest BCUT2D eigenvalue weighted by molar-refractivity contribution is 7.99. The SMILES string of the molecule is CC(C)c1ccc(NC(=O)CSc2nnc3c(=O)n(-c4cccc(F)c4)ccn23)cc1. The van der Waals surface area contributed by atoms with Gasteiger partial charge < -0.3 is 5.32 Å². The molecule has 31 heavy (non-hydrogen) atoms. The highest BCUT2D eigenvalue weighted by Gasteiger charge is 2.14. The van der Waals surface area contributed by atoms with Crippen LogP contribution in [0.3, 0.4) is 0 Å². The summed E-state index contributed by atoms with van der Waals surface area (Å²) in [6.07, 6.45) is 3.14. The fraction of sp³-hybridized carbons (Fsp3) is 0.182. The van der Waals surface area contributed by atoms with Crippen LogP contribution in [0.2, 0.25) is 0 Å². The third kappa shape index (κ3) is 4.51. The molecule has 0 fully saturated rings. The Bertz CT molecular complexity index is 1300. The molecule has 158 valence electrons. The Balaban J connectivity index is 1.47. The molecule has 2 aromatic carbocycles. The molecule has 0 atom stereocenters. The standard InChI is InChI=1S/C22H20FN5O2S/c1-14(2)15-6-8-17(9-7-15)24-19(29)13-31-22-26-25-20-21(30)27(10-11-28(20)22)18-5-3-4-16(23)12-18/h3-12,14H,13H2,1-2H3,(H,24,29). The fourth-order valence-electron chi connectivity index (χ4n) is 3.07. The molecule has 0 bridgehead atoms.